The Kier molecular flexibility index (Phi) is 3.99. The third-order valence-corrected chi connectivity index (χ3v) is 3.41. The summed E-state index contributed by atoms with van der Waals surface area (Å²) >= 11 is 0. The van der Waals surface area contributed by atoms with E-state index in [2.05, 4.69) is 10.1 Å². The number of aliphatic hydroxyl groups excluding tert-OH is 1. The van der Waals surface area contributed by atoms with Gasteiger partial charge in [-0.1, -0.05) is 0 Å². The summed E-state index contributed by atoms with van der Waals surface area (Å²) in [4.78, 5) is 11.9. The maximum absolute atomic E-state index is 12.1. The molecule has 1 amide bonds. The molecule has 21 heavy (non-hydrogen) atoms. The summed E-state index contributed by atoms with van der Waals surface area (Å²) in [5.41, 5.74) is 5.05. The van der Waals surface area contributed by atoms with Crippen LogP contribution in [-0.4, -0.2) is 30.5 Å². The number of hydrogen-bond donors (Lipinski definition) is 3. The number of nitrogen functional groups attached to an aromatic ring is 1. The largest absolute Gasteiger partial charge is 0.573 e. The fourth-order valence-corrected chi connectivity index (χ4v) is 1.84. The van der Waals surface area contributed by atoms with Crippen molar-refractivity contribution in [3.63, 3.8) is 0 Å². The molecule has 0 aromatic heterocycles. The van der Waals surface area contributed by atoms with Crippen LogP contribution in [0.3, 0.4) is 0 Å². The Morgan fingerprint density at radius 3 is 2.57 bits per heavy atom. The van der Waals surface area contributed by atoms with Crippen molar-refractivity contribution in [3.05, 3.63) is 23.8 Å². The highest BCUT2D eigenvalue weighted by Gasteiger charge is 2.42. The van der Waals surface area contributed by atoms with E-state index in [0.29, 0.717) is 6.54 Å². The maximum atomic E-state index is 12.1. The number of halogens is 3. The molecule has 0 radical (unpaired) electrons. The molecule has 0 spiro atoms. The molecular weight excluding hydrogens is 289 g/mol. The Balaban J connectivity index is 2.00. The van der Waals surface area contributed by atoms with E-state index in [1.54, 1.807) is 0 Å². The van der Waals surface area contributed by atoms with Gasteiger partial charge in [0, 0.05) is 17.5 Å². The average molecular weight is 304 g/mol. The molecule has 1 saturated carbocycles. The molecule has 1 aromatic rings. The van der Waals surface area contributed by atoms with Crippen LogP contribution in [0, 0.1) is 5.41 Å². The van der Waals surface area contributed by atoms with Gasteiger partial charge in [-0.05, 0) is 31.0 Å². The summed E-state index contributed by atoms with van der Waals surface area (Å²) in [7, 11) is 0. The highest BCUT2D eigenvalue weighted by atomic mass is 19.4. The number of hydrogen-bond acceptors (Lipinski definition) is 4. The van der Waals surface area contributed by atoms with Crippen LogP contribution in [0.5, 0.6) is 5.75 Å². The number of anilines is 1. The normalized spacial score (nSPS) is 16.4. The van der Waals surface area contributed by atoms with Crippen molar-refractivity contribution in [3.8, 4) is 5.75 Å². The molecule has 116 valence electrons. The molecular formula is C13H15F3N2O3. The van der Waals surface area contributed by atoms with Gasteiger partial charge in [0.25, 0.3) is 5.91 Å². The van der Waals surface area contributed by atoms with Gasteiger partial charge in [-0.25, -0.2) is 0 Å². The van der Waals surface area contributed by atoms with Crippen LogP contribution in [0.4, 0.5) is 18.9 Å². The second-order valence-electron chi connectivity index (χ2n) is 5.14. The lowest BCUT2D eigenvalue weighted by Gasteiger charge is -2.14. The smallest absolute Gasteiger partial charge is 0.404 e. The van der Waals surface area contributed by atoms with E-state index in [9.17, 15) is 18.0 Å². The number of rotatable bonds is 5. The number of aliphatic hydroxyl groups is 1. The molecule has 1 aromatic carbocycles. The third-order valence-electron chi connectivity index (χ3n) is 3.41. The molecule has 0 atom stereocenters. The van der Waals surface area contributed by atoms with E-state index < -0.39 is 18.0 Å². The molecule has 0 bridgehead atoms. The number of ether oxygens (including phenoxy) is 1. The molecule has 5 nitrogen and oxygen atoms in total. The van der Waals surface area contributed by atoms with Crippen LogP contribution in [0.25, 0.3) is 0 Å². The van der Waals surface area contributed by atoms with Crippen molar-refractivity contribution in [2.45, 2.75) is 19.2 Å². The third kappa shape index (κ3) is 4.01. The summed E-state index contributed by atoms with van der Waals surface area (Å²) in [6.07, 6.45) is -3.16. The molecule has 0 aliphatic heterocycles. The van der Waals surface area contributed by atoms with E-state index in [1.165, 1.54) is 6.07 Å². The SMILES string of the molecule is Nc1cc(C(=O)NCC2(CO)CC2)ccc1OC(F)(F)F. The first-order chi connectivity index (χ1) is 9.75. The van der Waals surface area contributed by atoms with Crippen molar-refractivity contribution in [2.75, 3.05) is 18.9 Å². The number of nitrogens with two attached hydrogens (primary N) is 1. The Bertz CT molecular complexity index is 542. The standard InChI is InChI=1S/C13H15F3N2O3/c14-13(15,16)21-10-2-1-8(5-9(10)17)11(20)18-6-12(7-19)3-4-12/h1-2,5,19H,3-4,6-7,17H2,(H,18,20). The van der Waals surface area contributed by atoms with Crippen LogP contribution < -0.4 is 15.8 Å². The van der Waals surface area contributed by atoms with Gasteiger partial charge in [-0.2, -0.15) is 0 Å². The van der Waals surface area contributed by atoms with Crippen molar-refractivity contribution in [1.82, 2.24) is 5.32 Å². The summed E-state index contributed by atoms with van der Waals surface area (Å²) in [5.74, 6) is -1.01. The Hall–Kier alpha value is -1.96. The predicted octanol–water partition coefficient (Wildman–Crippen LogP) is 1.67. The fourth-order valence-electron chi connectivity index (χ4n) is 1.84. The number of amides is 1. The number of carbonyl (C=O) groups excluding carboxylic acids is 1. The maximum Gasteiger partial charge on any atom is 0.573 e. The molecule has 4 N–H and O–H groups in total. The molecule has 1 aliphatic rings. The minimum absolute atomic E-state index is 0.00617. The summed E-state index contributed by atoms with van der Waals surface area (Å²) in [6, 6.07) is 3.32. The first-order valence-corrected chi connectivity index (χ1v) is 6.29. The lowest BCUT2D eigenvalue weighted by atomic mass is 10.1. The summed E-state index contributed by atoms with van der Waals surface area (Å²) < 4.78 is 40.0. The molecule has 0 unspecified atom stereocenters. The van der Waals surface area contributed by atoms with Crippen molar-refractivity contribution in [1.29, 1.82) is 0 Å². The van der Waals surface area contributed by atoms with Gasteiger partial charge in [-0.3, -0.25) is 4.79 Å². The zero-order chi connectivity index (χ0) is 15.7. The second kappa shape index (κ2) is 5.44. The highest BCUT2D eigenvalue weighted by molar-refractivity contribution is 5.95. The van der Waals surface area contributed by atoms with E-state index in [-0.39, 0.29) is 23.3 Å². The second-order valence-corrected chi connectivity index (χ2v) is 5.14. The number of carbonyl (C=O) groups is 1. The quantitative estimate of drug-likeness (QED) is 0.722. The number of benzene rings is 1. The Morgan fingerprint density at radius 1 is 1.43 bits per heavy atom. The number of alkyl halides is 3. The lowest BCUT2D eigenvalue weighted by Crippen LogP contribution is -2.31. The zero-order valence-corrected chi connectivity index (χ0v) is 11.0. The van der Waals surface area contributed by atoms with E-state index >= 15 is 0 Å². The van der Waals surface area contributed by atoms with Crippen LogP contribution in [-0.2, 0) is 0 Å². The fraction of sp³-hybridized carbons (Fsp3) is 0.462. The lowest BCUT2D eigenvalue weighted by molar-refractivity contribution is -0.274. The van der Waals surface area contributed by atoms with E-state index in [0.717, 1.165) is 25.0 Å². The summed E-state index contributed by atoms with van der Waals surface area (Å²) in [6.45, 7) is 0.316. The van der Waals surface area contributed by atoms with Gasteiger partial charge in [0.05, 0.1) is 12.3 Å². The van der Waals surface area contributed by atoms with Gasteiger partial charge in [-0.15, -0.1) is 13.2 Å². The van der Waals surface area contributed by atoms with E-state index in [4.69, 9.17) is 10.8 Å². The molecule has 2 rings (SSSR count). The zero-order valence-electron chi connectivity index (χ0n) is 11.0. The van der Waals surface area contributed by atoms with Crippen LogP contribution in [0.15, 0.2) is 18.2 Å². The minimum Gasteiger partial charge on any atom is -0.404 e. The van der Waals surface area contributed by atoms with Gasteiger partial charge in [0.2, 0.25) is 0 Å². The van der Waals surface area contributed by atoms with Crippen LogP contribution >= 0.6 is 0 Å². The molecule has 1 fully saturated rings. The van der Waals surface area contributed by atoms with Gasteiger partial charge in [0.15, 0.2) is 5.75 Å². The van der Waals surface area contributed by atoms with Gasteiger partial charge < -0.3 is 20.9 Å². The van der Waals surface area contributed by atoms with E-state index in [1.807, 2.05) is 0 Å². The summed E-state index contributed by atoms with van der Waals surface area (Å²) in [5, 5.41) is 11.8. The topological polar surface area (TPSA) is 84.6 Å². The predicted molar refractivity (Wildman–Crippen MR) is 68.6 cm³/mol. The monoisotopic (exact) mass is 304 g/mol. The van der Waals surface area contributed by atoms with Crippen molar-refractivity contribution < 1.29 is 27.8 Å². The van der Waals surface area contributed by atoms with Crippen molar-refractivity contribution >= 4 is 11.6 Å². The molecule has 0 heterocycles. The highest BCUT2D eigenvalue weighted by Crippen LogP contribution is 2.44. The Labute approximate surface area is 118 Å². The molecule has 1 aliphatic carbocycles. The molecule has 8 heteroatoms. The Morgan fingerprint density at radius 2 is 2.10 bits per heavy atom. The number of nitrogens with one attached hydrogen (secondary N) is 1. The van der Waals surface area contributed by atoms with Gasteiger partial charge in [0.1, 0.15) is 0 Å². The van der Waals surface area contributed by atoms with Crippen LogP contribution in [0.2, 0.25) is 0 Å². The first kappa shape index (κ1) is 15.4. The first-order valence-electron chi connectivity index (χ1n) is 6.29. The minimum atomic E-state index is -4.84. The van der Waals surface area contributed by atoms with Crippen molar-refractivity contribution in [2.24, 2.45) is 5.41 Å². The molecule has 0 saturated heterocycles. The van der Waals surface area contributed by atoms with Gasteiger partial charge >= 0.3 is 6.36 Å². The average Bonchev–Trinajstić information content (AvgIpc) is 3.17. The van der Waals surface area contributed by atoms with Crippen LogP contribution in [0.1, 0.15) is 23.2 Å².